The van der Waals surface area contributed by atoms with Crippen LogP contribution in [-0.2, 0) is 4.79 Å². The van der Waals surface area contributed by atoms with Gasteiger partial charge in [0.2, 0.25) is 11.0 Å². The number of hydrogen-bond donors (Lipinski definition) is 1. The Bertz CT molecular complexity index is 245. The van der Waals surface area contributed by atoms with Crippen LogP contribution in [0, 0.1) is 0 Å². The predicted molar refractivity (Wildman–Crippen MR) is 40.7 cm³/mol. The van der Waals surface area contributed by atoms with Crippen molar-refractivity contribution in [2.24, 2.45) is 5.73 Å². The zero-order chi connectivity index (χ0) is 8.48. The Hall–Kier alpha value is -0.830. The lowest BCUT2D eigenvalue weighted by Gasteiger charge is -2.15. The molecule has 0 aromatic heterocycles. The predicted octanol–water partition coefficient (Wildman–Crippen LogP) is 1.26. The monoisotopic (exact) mass is 175 g/mol. The summed E-state index contributed by atoms with van der Waals surface area (Å²) >= 11 is 5.31. The van der Waals surface area contributed by atoms with Crippen molar-refractivity contribution in [1.29, 1.82) is 0 Å². The number of amides is 1. The first kappa shape index (κ1) is 8.27. The second-order valence-electron chi connectivity index (χ2n) is 2.33. The van der Waals surface area contributed by atoms with Crippen LogP contribution in [0.4, 0.5) is 4.39 Å². The number of primary amides is 1. The number of alkyl halides is 2. The first-order valence-electron chi connectivity index (χ1n) is 3.08. The van der Waals surface area contributed by atoms with E-state index in [9.17, 15) is 9.18 Å². The standard InChI is InChI=1S/C7H7ClFNO/c8-7(9)3-1-2-5(4-7)6(10)11/h1-2,4H,3H2,(H2,10,11). The highest BCUT2D eigenvalue weighted by Crippen LogP contribution is 2.29. The van der Waals surface area contributed by atoms with Gasteiger partial charge >= 0.3 is 0 Å². The second kappa shape index (κ2) is 2.66. The molecule has 11 heavy (non-hydrogen) atoms. The molecule has 0 saturated carbocycles. The van der Waals surface area contributed by atoms with E-state index in [1.165, 1.54) is 12.2 Å². The van der Waals surface area contributed by atoms with Gasteiger partial charge in [-0.25, -0.2) is 4.39 Å². The Morgan fingerprint density at radius 3 is 2.82 bits per heavy atom. The van der Waals surface area contributed by atoms with Gasteiger partial charge in [0.25, 0.3) is 0 Å². The molecule has 60 valence electrons. The maximum atomic E-state index is 12.9. The van der Waals surface area contributed by atoms with Gasteiger partial charge in [-0.05, 0) is 6.08 Å². The van der Waals surface area contributed by atoms with Crippen LogP contribution in [0.5, 0.6) is 0 Å². The van der Waals surface area contributed by atoms with Crippen LogP contribution >= 0.6 is 11.6 Å². The maximum absolute atomic E-state index is 12.9. The molecule has 1 atom stereocenters. The molecule has 1 amide bonds. The number of hydrogen-bond acceptors (Lipinski definition) is 1. The van der Waals surface area contributed by atoms with Crippen molar-refractivity contribution in [3.63, 3.8) is 0 Å². The van der Waals surface area contributed by atoms with E-state index in [0.717, 1.165) is 6.08 Å². The zero-order valence-corrected chi connectivity index (χ0v) is 6.44. The maximum Gasteiger partial charge on any atom is 0.248 e. The largest absolute Gasteiger partial charge is 0.366 e. The van der Waals surface area contributed by atoms with Crippen molar-refractivity contribution < 1.29 is 9.18 Å². The molecule has 0 heterocycles. The highest BCUT2D eigenvalue weighted by Gasteiger charge is 2.25. The molecule has 1 aliphatic rings. The second-order valence-corrected chi connectivity index (χ2v) is 2.96. The summed E-state index contributed by atoms with van der Waals surface area (Å²) in [6.45, 7) is 0. The van der Waals surface area contributed by atoms with Crippen LogP contribution < -0.4 is 5.73 Å². The van der Waals surface area contributed by atoms with Crippen LogP contribution in [0.3, 0.4) is 0 Å². The van der Waals surface area contributed by atoms with E-state index >= 15 is 0 Å². The highest BCUT2D eigenvalue weighted by molar-refractivity contribution is 6.24. The molecule has 1 unspecified atom stereocenters. The smallest absolute Gasteiger partial charge is 0.248 e. The third kappa shape index (κ3) is 2.05. The summed E-state index contributed by atoms with van der Waals surface area (Å²) in [5.41, 5.74) is 5.02. The van der Waals surface area contributed by atoms with Gasteiger partial charge < -0.3 is 5.73 Å². The molecule has 4 heteroatoms. The Morgan fingerprint density at radius 2 is 2.45 bits per heavy atom. The van der Waals surface area contributed by atoms with E-state index in [1.54, 1.807) is 0 Å². The molecule has 2 nitrogen and oxygen atoms in total. The van der Waals surface area contributed by atoms with Crippen LogP contribution in [0.2, 0.25) is 0 Å². The summed E-state index contributed by atoms with van der Waals surface area (Å²) in [6, 6.07) is 0. The first-order chi connectivity index (χ1) is 5.01. The summed E-state index contributed by atoms with van der Waals surface area (Å²) in [5.74, 6) is -0.663. The number of allylic oxidation sites excluding steroid dienone is 2. The lowest BCUT2D eigenvalue weighted by molar-refractivity contribution is -0.114. The molecule has 2 N–H and O–H groups in total. The average molecular weight is 176 g/mol. The van der Waals surface area contributed by atoms with E-state index < -0.39 is 11.0 Å². The molecular formula is C7H7ClFNO. The quantitative estimate of drug-likeness (QED) is 0.599. The van der Waals surface area contributed by atoms with Gasteiger partial charge in [-0.1, -0.05) is 23.8 Å². The minimum absolute atomic E-state index is 0.0747. The van der Waals surface area contributed by atoms with Gasteiger partial charge in [-0.3, -0.25) is 4.79 Å². The number of nitrogens with two attached hydrogens (primary N) is 1. The normalized spacial score (nSPS) is 29.8. The van der Waals surface area contributed by atoms with Gasteiger partial charge in [-0.2, -0.15) is 0 Å². The fraction of sp³-hybridized carbons (Fsp3) is 0.286. The van der Waals surface area contributed by atoms with Crippen LogP contribution in [0.15, 0.2) is 23.8 Å². The molecule has 0 saturated heterocycles. The minimum Gasteiger partial charge on any atom is -0.366 e. The van der Waals surface area contributed by atoms with E-state index in [4.69, 9.17) is 17.3 Å². The molecule has 0 aromatic rings. The van der Waals surface area contributed by atoms with Crippen molar-refractivity contribution in [3.05, 3.63) is 23.8 Å². The molecule has 1 aliphatic carbocycles. The van der Waals surface area contributed by atoms with Gasteiger partial charge in [-0.15, -0.1) is 0 Å². The summed E-state index contributed by atoms with van der Waals surface area (Å²) in [7, 11) is 0. The number of carbonyl (C=O) groups is 1. The summed E-state index contributed by atoms with van der Waals surface area (Å²) in [4.78, 5) is 10.5. The SMILES string of the molecule is NC(=O)C1=CC(F)(Cl)CC=C1. The summed E-state index contributed by atoms with van der Waals surface area (Å²) in [6.07, 6.45) is 4.04. The van der Waals surface area contributed by atoms with E-state index in [-0.39, 0.29) is 12.0 Å². The van der Waals surface area contributed by atoms with E-state index in [0.29, 0.717) is 0 Å². The van der Waals surface area contributed by atoms with Crippen molar-refractivity contribution >= 4 is 17.5 Å². The van der Waals surface area contributed by atoms with Crippen molar-refractivity contribution in [1.82, 2.24) is 0 Å². The molecule has 0 spiro atoms. The molecular weight excluding hydrogens is 169 g/mol. The Kier molecular flexibility index (Phi) is 2.00. The van der Waals surface area contributed by atoms with Crippen LogP contribution in [-0.4, -0.2) is 11.0 Å². The molecule has 0 aromatic carbocycles. The summed E-state index contributed by atoms with van der Waals surface area (Å²) < 4.78 is 12.9. The lowest BCUT2D eigenvalue weighted by Crippen LogP contribution is -2.20. The fourth-order valence-electron chi connectivity index (χ4n) is 0.831. The van der Waals surface area contributed by atoms with Gasteiger partial charge in [0.15, 0.2) is 0 Å². The lowest BCUT2D eigenvalue weighted by atomic mass is 10.1. The first-order valence-corrected chi connectivity index (χ1v) is 3.46. The average Bonchev–Trinajstić information content (AvgIpc) is 1.85. The minimum atomic E-state index is -1.95. The van der Waals surface area contributed by atoms with Crippen molar-refractivity contribution in [2.45, 2.75) is 11.5 Å². The molecule has 0 radical (unpaired) electrons. The van der Waals surface area contributed by atoms with Crippen LogP contribution in [0.1, 0.15) is 6.42 Å². The third-order valence-corrected chi connectivity index (χ3v) is 1.60. The van der Waals surface area contributed by atoms with Crippen molar-refractivity contribution in [2.75, 3.05) is 0 Å². The topological polar surface area (TPSA) is 43.1 Å². The van der Waals surface area contributed by atoms with Gasteiger partial charge in [0.05, 0.1) is 0 Å². The van der Waals surface area contributed by atoms with Crippen LogP contribution in [0.25, 0.3) is 0 Å². The van der Waals surface area contributed by atoms with Gasteiger partial charge in [0, 0.05) is 12.0 Å². The van der Waals surface area contributed by atoms with Gasteiger partial charge in [0.1, 0.15) is 0 Å². The zero-order valence-electron chi connectivity index (χ0n) is 5.68. The highest BCUT2D eigenvalue weighted by atomic mass is 35.5. The van der Waals surface area contributed by atoms with E-state index in [1.807, 2.05) is 0 Å². The molecule has 0 fully saturated rings. The van der Waals surface area contributed by atoms with E-state index in [2.05, 4.69) is 0 Å². The Balaban J connectivity index is 2.89. The number of halogens is 2. The Labute approximate surface area is 68.5 Å². The number of carbonyl (C=O) groups excluding carboxylic acids is 1. The third-order valence-electron chi connectivity index (χ3n) is 1.34. The summed E-state index contributed by atoms with van der Waals surface area (Å²) in [5, 5.41) is -1.95. The Morgan fingerprint density at radius 1 is 1.82 bits per heavy atom. The van der Waals surface area contributed by atoms with Crippen molar-refractivity contribution in [3.8, 4) is 0 Å². The molecule has 1 rings (SSSR count). The molecule has 0 bridgehead atoms. The fourth-order valence-corrected chi connectivity index (χ4v) is 1.04. The number of rotatable bonds is 1. The molecule has 0 aliphatic heterocycles.